The van der Waals surface area contributed by atoms with Gasteiger partial charge in [-0.15, -0.1) is 0 Å². The Morgan fingerprint density at radius 3 is 2.20 bits per heavy atom. The molecule has 1 heterocycles. The van der Waals surface area contributed by atoms with Gasteiger partial charge in [-0.2, -0.15) is 0 Å². The molecule has 3 aromatic carbocycles. The Hall–Kier alpha value is -2.91. The second-order valence-corrected chi connectivity index (χ2v) is 9.86. The number of likely N-dealkylation sites (tertiary alicyclic amines) is 1. The summed E-state index contributed by atoms with van der Waals surface area (Å²) in [5.74, 6) is 0.421. The van der Waals surface area contributed by atoms with Crippen LogP contribution in [0, 0.1) is 5.92 Å². The van der Waals surface area contributed by atoms with Gasteiger partial charge in [0.25, 0.3) is 0 Å². The van der Waals surface area contributed by atoms with Crippen molar-refractivity contribution < 1.29 is 4.79 Å². The highest BCUT2D eigenvalue weighted by Crippen LogP contribution is 2.33. The smallest absolute Gasteiger partial charge is 0.166 e. The Kier molecular flexibility index (Phi) is 9.14. The van der Waals surface area contributed by atoms with Crippen LogP contribution in [0.15, 0.2) is 84.9 Å². The first-order valence-corrected chi connectivity index (χ1v) is 13.4. The maximum Gasteiger partial charge on any atom is 0.166 e. The summed E-state index contributed by atoms with van der Waals surface area (Å²) in [5, 5.41) is 0. The lowest BCUT2D eigenvalue weighted by Crippen LogP contribution is -2.43. The van der Waals surface area contributed by atoms with Gasteiger partial charge >= 0.3 is 0 Å². The lowest BCUT2D eigenvalue weighted by atomic mass is 9.90. The molecular formula is C32H40N2O. The number of hydrogen-bond acceptors (Lipinski definition) is 3. The summed E-state index contributed by atoms with van der Waals surface area (Å²) in [6.07, 6.45) is 6.35. The molecule has 0 bridgehead atoms. The summed E-state index contributed by atoms with van der Waals surface area (Å²) < 4.78 is 0. The number of piperidine rings is 1. The Morgan fingerprint density at radius 1 is 0.886 bits per heavy atom. The summed E-state index contributed by atoms with van der Waals surface area (Å²) >= 11 is 0. The van der Waals surface area contributed by atoms with Gasteiger partial charge in [-0.25, -0.2) is 0 Å². The van der Waals surface area contributed by atoms with Crippen molar-refractivity contribution >= 4 is 17.2 Å². The van der Waals surface area contributed by atoms with Gasteiger partial charge in [0.2, 0.25) is 0 Å². The molecule has 1 atom stereocenters. The van der Waals surface area contributed by atoms with Gasteiger partial charge in [0.05, 0.1) is 0 Å². The van der Waals surface area contributed by atoms with E-state index >= 15 is 0 Å². The summed E-state index contributed by atoms with van der Waals surface area (Å²) in [4.78, 5) is 18.4. The molecule has 0 saturated carbocycles. The maximum absolute atomic E-state index is 13.4. The second-order valence-electron chi connectivity index (χ2n) is 9.86. The SMILES string of the molecule is CCCCC(CC)C(=O)c1cccc(N(c2ccccc2)C2CCN(Cc3ccccc3)CC2)c1. The van der Waals surface area contributed by atoms with E-state index in [1.165, 1.54) is 11.3 Å². The molecule has 1 saturated heterocycles. The lowest BCUT2D eigenvalue weighted by Gasteiger charge is -2.40. The zero-order valence-electron chi connectivity index (χ0n) is 21.4. The molecule has 3 heteroatoms. The molecule has 1 aliphatic heterocycles. The number of ketones is 1. The first kappa shape index (κ1) is 25.2. The molecule has 1 fully saturated rings. The zero-order chi connectivity index (χ0) is 24.5. The van der Waals surface area contributed by atoms with Gasteiger partial charge in [0.15, 0.2) is 5.78 Å². The average molecular weight is 469 g/mol. The standard InChI is InChI=1S/C32H40N2O/c1-3-5-15-27(4-2)32(35)28-16-12-19-31(24-28)34(29-17-10-7-11-18-29)30-20-22-33(23-21-30)25-26-13-8-6-9-14-26/h6-14,16-19,24,27,30H,3-5,15,20-23,25H2,1-2H3. The monoisotopic (exact) mass is 468 g/mol. The van der Waals surface area contributed by atoms with Crippen molar-refractivity contribution in [3.63, 3.8) is 0 Å². The van der Waals surface area contributed by atoms with E-state index in [1.54, 1.807) is 0 Å². The lowest BCUT2D eigenvalue weighted by molar-refractivity contribution is 0.0908. The van der Waals surface area contributed by atoms with Gasteiger partial charge in [-0.3, -0.25) is 9.69 Å². The normalized spacial score (nSPS) is 15.6. The first-order chi connectivity index (χ1) is 17.2. The van der Waals surface area contributed by atoms with Crippen LogP contribution in [0.5, 0.6) is 0 Å². The number of nitrogens with zero attached hydrogens (tertiary/aromatic N) is 2. The van der Waals surface area contributed by atoms with Crippen LogP contribution in [-0.2, 0) is 6.54 Å². The Balaban J connectivity index is 1.53. The first-order valence-electron chi connectivity index (χ1n) is 13.4. The number of unbranched alkanes of at least 4 members (excludes halogenated alkanes) is 1. The van der Waals surface area contributed by atoms with Gasteiger partial charge in [0.1, 0.15) is 0 Å². The van der Waals surface area contributed by atoms with Crippen molar-refractivity contribution in [1.82, 2.24) is 4.90 Å². The molecule has 0 spiro atoms. The molecule has 0 amide bonds. The quantitative estimate of drug-likeness (QED) is 0.267. The van der Waals surface area contributed by atoms with Crippen LogP contribution in [0.3, 0.4) is 0 Å². The summed E-state index contributed by atoms with van der Waals surface area (Å²) in [5.41, 5.74) is 4.57. The topological polar surface area (TPSA) is 23.6 Å². The molecular weight excluding hydrogens is 428 g/mol. The fourth-order valence-corrected chi connectivity index (χ4v) is 5.35. The van der Waals surface area contributed by atoms with E-state index in [4.69, 9.17) is 0 Å². The molecule has 1 unspecified atom stereocenters. The molecule has 3 nitrogen and oxygen atoms in total. The van der Waals surface area contributed by atoms with Crippen molar-refractivity contribution in [1.29, 1.82) is 0 Å². The summed E-state index contributed by atoms with van der Waals surface area (Å²) in [6, 6.07) is 30.2. The van der Waals surface area contributed by atoms with Crippen molar-refractivity contribution in [2.75, 3.05) is 18.0 Å². The number of benzene rings is 3. The highest BCUT2D eigenvalue weighted by Gasteiger charge is 2.27. The third-order valence-electron chi connectivity index (χ3n) is 7.38. The van der Waals surface area contributed by atoms with Gasteiger partial charge in [0, 0.05) is 48.5 Å². The molecule has 1 aliphatic rings. The predicted molar refractivity (Wildman–Crippen MR) is 147 cm³/mol. The zero-order valence-corrected chi connectivity index (χ0v) is 21.4. The fourth-order valence-electron chi connectivity index (χ4n) is 5.35. The third-order valence-corrected chi connectivity index (χ3v) is 7.38. The minimum atomic E-state index is 0.122. The fraction of sp³-hybridized carbons (Fsp3) is 0.406. The van der Waals surface area contributed by atoms with E-state index in [9.17, 15) is 4.79 Å². The van der Waals surface area contributed by atoms with Crippen LogP contribution >= 0.6 is 0 Å². The van der Waals surface area contributed by atoms with Crippen LogP contribution in [-0.4, -0.2) is 29.8 Å². The van der Waals surface area contributed by atoms with E-state index < -0.39 is 0 Å². The van der Waals surface area contributed by atoms with E-state index in [-0.39, 0.29) is 5.92 Å². The van der Waals surface area contributed by atoms with E-state index in [0.29, 0.717) is 11.8 Å². The van der Waals surface area contributed by atoms with Crippen LogP contribution < -0.4 is 4.90 Å². The average Bonchev–Trinajstić information content (AvgIpc) is 2.91. The van der Waals surface area contributed by atoms with Crippen LogP contribution in [0.25, 0.3) is 0 Å². The summed E-state index contributed by atoms with van der Waals surface area (Å²) in [7, 11) is 0. The molecule has 0 aliphatic carbocycles. The number of para-hydroxylation sites is 1. The molecule has 4 rings (SSSR count). The molecule has 3 aromatic rings. The molecule has 184 valence electrons. The van der Waals surface area contributed by atoms with E-state index in [0.717, 1.165) is 69.4 Å². The Bertz CT molecular complexity index is 1040. The van der Waals surface area contributed by atoms with Gasteiger partial charge < -0.3 is 4.90 Å². The van der Waals surface area contributed by atoms with Crippen molar-refractivity contribution in [3.05, 3.63) is 96.1 Å². The minimum Gasteiger partial charge on any atom is -0.338 e. The van der Waals surface area contributed by atoms with Crippen molar-refractivity contribution in [3.8, 4) is 0 Å². The Morgan fingerprint density at radius 2 is 1.54 bits per heavy atom. The van der Waals surface area contributed by atoms with Crippen LogP contribution in [0.1, 0.15) is 68.3 Å². The maximum atomic E-state index is 13.4. The van der Waals surface area contributed by atoms with Gasteiger partial charge in [-0.1, -0.05) is 87.4 Å². The summed E-state index contributed by atoms with van der Waals surface area (Å²) in [6.45, 7) is 7.51. The molecule has 0 radical (unpaired) electrons. The highest BCUT2D eigenvalue weighted by atomic mass is 16.1. The number of carbonyl (C=O) groups is 1. The highest BCUT2D eigenvalue weighted by molar-refractivity contribution is 5.98. The molecule has 0 N–H and O–H groups in total. The van der Waals surface area contributed by atoms with Gasteiger partial charge in [-0.05, 0) is 55.5 Å². The molecule has 0 aromatic heterocycles. The number of anilines is 2. The predicted octanol–water partition coefficient (Wildman–Crippen LogP) is 7.89. The Labute approximate surface area is 211 Å². The van der Waals surface area contributed by atoms with Crippen LogP contribution in [0.2, 0.25) is 0 Å². The van der Waals surface area contributed by atoms with Crippen molar-refractivity contribution in [2.24, 2.45) is 5.92 Å². The third kappa shape index (κ3) is 6.61. The minimum absolute atomic E-state index is 0.122. The van der Waals surface area contributed by atoms with E-state index in [2.05, 4.69) is 103 Å². The van der Waals surface area contributed by atoms with Crippen LogP contribution in [0.4, 0.5) is 11.4 Å². The second kappa shape index (κ2) is 12.7. The number of Topliss-reactive ketones (excluding diaryl/α,β-unsaturated/α-hetero) is 1. The molecule has 35 heavy (non-hydrogen) atoms. The number of carbonyl (C=O) groups excluding carboxylic acids is 1. The number of rotatable bonds is 11. The largest absolute Gasteiger partial charge is 0.338 e. The van der Waals surface area contributed by atoms with Crippen molar-refractivity contribution in [2.45, 2.75) is 65.0 Å². The number of hydrogen-bond donors (Lipinski definition) is 0. The van der Waals surface area contributed by atoms with E-state index in [1.807, 2.05) is 6.07 Å².